The molecule has 0 N–H and O–H groups in total. The fourth-order valence-corrected chi connectivity index (χ4v) is 9.19. The summed E-state index contributed by atoms with van der Waals surface area (Å²) in [6.45, 7) is 0. The van der Waals surface area contributed by atoms with Crippen LogP contribution >= 0.6 is 0 Å². The maximum atomic E-state index is 2.58. The van der Waals surface area contributed by atoms with E-state index in [1.165, 1.54) is 82.5 Å². The van der Waals surface area contributed by atoms with Crippen molar-refractivity contribution in [2.75, 3.05) is 0 Å². The highest BCUT2D eigenvalue weighted by molar-refractivity contribution is 6.22. The highest BCUT2D eigenvalue weighted by atomic mass is 15.2. The third-order valence-corrected chi connectivity index (χ3v) is 11.3. The van der Waals surface area contributed by atoms with Gasteiger partial charge in [-0.15, -0.1) is 0 Å². The summed E-state index contributed by atoms with van der Waals surface area (Å²) >= 11 is 0. The van der Waals surface area contributed by atoms with Crippen molar-refractivity contribution in [3.8, 4) is 11.4 Å². The molecule has 10 aromatic rings. The minimum absolute atomic E-state index is 0.0526. The molecule has 1 atom stereocenters. The van der Waals surface area contributed by atoms with Crippen LogP contribution in [0.5, 0.6) is 0 Å². The van der Waals surface area contributed by atoms with E-state index in [0.29, 0.717) is 0 Å². The van der Waals surface area contributed by atoms with Crippen molar-refractivity contribution in [2.24, 2.45) is 0 Å². The average molecular weight is 664 g/mol. The van der Waals surface area contributed by atoms with Crippen LogP contribution in [0.15, 0.2) is 182 Å². The van der Waals surface area contributed by atoms with Gasteiger partial charge in [0.15, 0.2) is 0 Å². The molecule has 1 aliphatic heterocycles. The van der Waals surface area contributed by atoms with Crippen LogP contribution in [-0.4, -0.2) is 19.4 Å². The first-order valence-electron chi connectivity index (χ1n) is 18.0. The molecule has 0 fully saturated rings. The van der Waals surface area contributed by atoms with Crippen molar-refractivity contribution in [1.29, 1.82) is 0 Å². The Kier molecular flexibility index (Phi) is 5.53. The van der Waals surface area contributed by atoms with Gasteiger partial charge in [-0.25, -0.2) is 0 Å². The lowest BCUT2D eigenvalue weighted by molar-refractivity contribution is 0.781. The standard InChI is InChI=1S/C48H31N4/c1-2-13-31(14-3-1)50-42-21-9-6-17-36(42)38-29-47-39(30-46(38)50)37-18-12-24-45-48(37)52(47)44-23-11-10-22-43(44)51(45)33-27-25-32(26-28-33)49-40-19-7-4-15-34(40)35-16-5-8-20-41(35)49/h1-30,44H/q+1. The summed E-state index contributed by atoms with van der Waals surface area (Å²) < 4.78 is 9.86. The van der Waals surface area contributed by atoms with Gasteiger partial charge in [0.25, 0.3) is 0 Å². The predicted molar refractivity (Wildman–Crippen MR) is 218 cm³/mol. The molecular formula is C48H31N4+. The van der Waals surface area contributed by atoms with Crippen LogP contribution in [0.1, 0.15) is 6.04 Å². The summed E-state index contributed by atoms with van der Waals surface area (Å²) in [5.41, 5.74) is 13.3. The Morgan fingerprint density at radius 2 is 0.981 bits per heavy atom. The van der Waals surface area contributed by atoms with Crippen LogP contribution in [0, 0.1) is 0 Å². The van der Waals surface area contributed by atoms with Crippen LogP contribution in [0.3, 0.4) is 0 Å². The average Bonchev–Trinajstić information content (AvgIpc) is 3.84. The Morgan fingerprint density at radius 3 is 1.69 bits per heavy atom. The molecular weight excluding hydrogens is 633 g/mol. The zero-order chi connectivity index (χ0) is 33.9. The number of aromatic nitrogens is 3. The number of para-hydroxylation sites is 5. The summed E-state index contributed by atoms with van der Waals surface area (Å²) in [6.07, 6.45) is 9.01. The second kappa shape index (κ2) is 10.3. The summed E-state index contributed by atoms with van der Waals surface area (Å²) in [6, 6.07) is 57.8. The number of nitrogens with zero attached hydrogens (tertiary/aromatic N) is 4. The molecule has 12 rings (SSSR count). The monoisotopic (exact) mass is 663 g/mol. The number of rotatable bonds is 3. The fourth-order valence-electron chi connectivity index (χ4n) is 9.19. The molecule has 1 aliphatic carbocycles. The van der Waals surface area contributed by atoms with E-state index in [4.69, 9.17) is 0 Å². The number of hydrogen-bond acceptors (Lipinski definition) is 0. The van der Waals surface area contributed by atoms with E-state index in [1.54, 1.807) is 0 Å². The van der Waals surface area contributed by atoms with Crippen LogP contribution < -0.4 is 4.58 Å². The lowest BCUT2D eigenvalue weighted by atomic mass is 10.0. The maximum Gasteiger partial charge on any atom is 0.235 e. The van der Waals surface area contributed by atoms with Crippen molar-refractivity contribution in [3.05, 3.63) is 182 Å². The molecule has 3 aromatic heterocycles. The molecule has 52 heavy (non-hydrogen) atoms. The Morgan fingerprint density at radius 1 is 0.423 bits per heavy atom. The zero-order valence-corrected chi connectivity index (χ0v) is 28.2. The molecule has 0 saturated heterocycles. The van der Waals surface area contributed by atoms with Gasteiger partial charge in [-0.3, -0.25) is 0 Å². The third-order valence-electron chi connectivity index (χ3n) is 11.3. The largest absolute Gasteiger partial charge is 0.318 e. The van der Waals surface area contributed by atoms with Gasteiger partial charge >= 0.3 is 0 Å². The van der Waals surface area contributed by atoms with E-state index < -0.39 is 0 Å². The summed E-state index contributed by atoms with van der Waals surface area (Å²) in [4.78, 5) is 0. The Bertz CT molecular complexity index is 3170. The Hall–Kier alpha value is -6.91. The lowest BCUT2D eigenvalue weighted by Crippen LogP contribution is -2.30. The third kappa shape index (κ3) is 3.63. The van der Waals surface area contributed by atoms with Crippen molar-refractivity contribution < 1.29 is 0 Å². The summed E-state index contributed by atoms with van der Waals surface area (Å²) in [5, 5.41) is 7.63. The molecule has 2 aliphatic rings. The molecule has 0 saturated carbocycles. The highest BCUT2D eigenvalue weighted by Crippen LogP contribution is 2.46. The van der Waals surface area contributed by atoms with E-state index >= 15 is 0 Å². The SMILES string of the molecule is C1=CC2=[N+](c3ccc(-n4c5ccccc5c5ccccc54)cc3)c3cccc4c5cc6c(cc5n(c34)C2C=C1)c1ccccc1n6-c1ccccc1. The van der Waals surface area contributed by atoms with Crippen LogP contribution in [0.25, 0.3) is 76.8 Å². The minimum Gasteiger partial charge on any atom is -0.318 e. The number of fused-ring (bicyclic) bond motifs is 11. The van der Waals surface area contributed by atoms with E-state index in [2.05, 4.69) is 200 Å². The first-order valence-corrected chi connectivity index (χ1v) is 18.0. The summed E-state index contributed by atoms with van der Waals surface area (Å²) in [5.74, 6) is 0. The predicted octanol–water partition coefficient (Wildman–Crippen LogP) is 11.9. The van der Waals surface area contributed by atoms with Crippen molar-refractivity contribution in [3.63, 3.8) is 0 Å². The van der Waals surface area contributed by atoms with Crippen molar-refractivity contribution >= 4 is 82.5 Å². The van der Waals surface area contributed by atoms with Crippen LogP contribution in [-0.2, 0) is 0 Å². The second-order valence-corrected chi connectivity index (χ2v) is 14.0. The lowest BCUT2D eigenvalue weighted by Gasteiger charge is -2.24. The topological polar surface area (TPSA) is 17.8 Å². The van der Waals surface area contributed by atoms with E-state index in [9.17, 15) is 0 Å². The molecule has 4 nitrogen and oxygen atoms in total. The molecule has 0 radical (unpaired) electrons. The number of allylic oxidation sites excluding steroid dienone is 4. The quantitative estimate of drug-likeness (QED) is 0.168. The first-order chi connectivity index (χ1) is 25.8. The van der Waals surface area contributed by atoms with E-state index in [0.717, 1.165) is 11.4 Å². The molecule has 7 aromatic carbocycles. The summed E-state index contributed by atoms with van der Waals surface area (Å²) in [7, 11) is 0. The van der Waals surface area contributed by atoms with Gasteiger partial charge in [0.1, 0.15) is 11.6 Å². The van der Waals surface area contributed by atoms with Gasteiger partial charge in [0, 0.05) is 68.0 Å². The highest BCUT2D eigenvalue weighted by Gasteiger charge is 2.37. The second-order valence-electron chi connectivity index (χ2n) is 14.0. The fraction of sp³-hybridized carbons (Fsp3) is 0.0208. The molecule has 0 bridgehead atoms. The van der Waals surface area contributed by atoms with Crippen molar-refractivity contribution in [2.45, 2.75) is 6.04 Å². The number of hydrogen-bond donors (Lipinski definition) is 0. The van der Waals surface area contributed by atoms with Crippen molar-refractivity contribution in [1.82, 2.24) is 18.3 Å². The molecule has 0 amide bonds. The first kappa shape index (κ1) is 27.9. The molecule has 0 spiro atoms. The smallest absolute Gasteiger partial charge is 0.235 e. The van der Waals surface area contributed by atoms with Crippen LogP contribution in [0.4, 0.5) is 11.4 Å². The van der Waals surface area contributed by atoms with Gasteiger partial charge in [0.05, 0.1) is 27.6 Å². The maximum absolute atomic E-state index is 2.58. The normalized spacial score (nSPS) is 15.3. The van der Waals surface area contributed by atoms with Crippen LogP contribution in [0.2, 0.25) is 0 Å². The Balaban J connectivity index is 1.10. The van der Waals surface area contributed by atoms with E-state index in [1.807, 2.05) is 0 Å². The van der Waals surface area contributed by atoms with E-state index in [-0.39, 0.29) is 6.04 Å². The van der Waals surface area contributed by atoms with Gasteiger partial charge in [0.2, 0.25) is 17.1 Å². The van der Waals surface area contributed by atoms with Gasteiger partial charge < -0.3 is 13.7 Å². The van der Waals surface area contributed by atoms with Gasteiger partial charge in [-0.2, -0.15) is 4.58 Å². The molecule has 4 heterocycles. The van der Waals surface area contributed by atoms with Gasteiger partial charge in [-0.1, -0.05) is 103 Å². The molecule has 1 unspecified atom stereocenters. The Labute approximate surface area is 299 Å². The van der Waals surface area contributed by atoms with Gasteiger partial charge in [-0.05, 0) is 54.6 Å². The minimum atomic E-state index is 0.0526. The molecule has 4 heteroatoms. The number of benzene rings is 7. The zero-order valence-electron chi connectivity index (χ0n) is 28.2. The molecule has 242 valence electrons.